The van der Waals surface area contributed by atoms with E-state index in [1.165, 1.54) is 51.7 Å². The van der Waals surface area contributed by atoms with Gasteiger partial charge in [-0.15, -0.1) is 0 Å². The number of hydrogen-bond donors (Lipinski definition) is 0. The number of benzene rings is 2. The molecule has 2 aromatic carbocycles. The lowest BCUT2D eigenvalue weighted by molar-refractivity contribution is 0.223. The highest BCUT2D eigenvalue weighted by Gasteiger charge is 2.40. The quantitative estimate of drug-likeness (QED) is 0.509. The Labute approximate surface area is 161 Å². The number of fused-ring (bicyclic) bond motifs is 6. The SMILES string of the molecule is Cc1ccc2c(c1)c1c(n2C#Cc2ccc(C)c(C)c2)CC2CCC1N2C. The van der Waals surface area contributed by atoms with Crippen LogP contribution in [0.25, 0.3) is 10.9 Å². The minimum absolute atomic E-state index is 0.549. The minimum Gasteiger partial charge on any atom is -0.296 e. The summed E-state index contributed by atoms with van der Waals surface area (Å²) in [6.07, 6.45) is 3.68. The second kappa shape index (κ2) is 6.01. The van der Waals surface area contributed by atoms with Crippen LogP contribution in [0.1, 0.15) is 52.4 Å². The molecule has 0 saturated carbocycles. The van der Waals surface area contributed by atoms with E-state index in [0.717, 1.165) is 12.0 Å². The Kier molecular flexibility index (Phi) is 3.71. The predicted octanol–water partition coefficient (Wildman–Crippen LogP) is 5.12. The zero-order valence-corrected chi connectivity index (χ0v) is 16.6. The van der Waals surface area contributed by atoms with Gasteiger partial charge < -0.3 is 0 Å². The van der Waals surface area contributed by atoms with Crippen LogP contribution in [-0.2, 0) is 6.42 Å². The first-order valence-electron chi connectivity index (χ1n) is 9.98. The second-order valence-corrected chi connectivity index (χ2v) is 8.37. The van der Waals surface area contributed by atoms with Gasteiger partial charge in [-0.3, -0.25) is 9.47 Å². The summed E-state index contributed by atoms with van der Waals surface area (Å²) in [5.41, 5.74) is 9.28. The molecule has 2 atom stereocenters. The van der Waals surface area contributed by atoms with Gasteiger partial charge in [-0.25, -0.2) is 0 Å². The van der Waals surface area contributed by atoms with Gasteiger partial charge in [0.25, 0.3) is 0 Å². The standard InChI is InChI=1S/C25H26N2/c1-16-5-9-22-21(13-16)25-23-10-8-20(26(23)4)15-24(25)27(22)12-11-19-7-6-17(2)18(3)14-19/h5-7,9,13-14,20,23H,8,10,15H2,1-4H3. The summed E-state index contributed by atoms with van der Waals surface area (Å²) in [5, 5.41) is 1.40. The summed E-state index contributed by atoms with van der Waals surface area (Å²) in [5.74, 6) is 3.43. The fourth-order valence-corrected chi connectivity index (χ4v) is 4.95. The summed E-state index contributed by atoms with van der Waals surface area (Å²) < 4.78 is 2.29. The van der Waals surface area contributed by atoms with E-state index < -0.39 is 0 Å². The van der Waals surface area contributed by atoms with Crippen molar-refractivity contribution in [3.05, 3.63) is 69.9 Å². The van der Waals surface area contributed by atoms with E-state index in [0.29, 0.717) is 12.1 Å². The summed E-state index contributed by atoms with van der Waals surface area (Å²) >= 11 is 0. The molecule has 27 heavy (non-hydrogen) atoms. The molecule has 1 aromatic heterocycles. The molecule has 3 heterocycles. The molecule has 0 spiro atoms. The van der Waals surface area contributed by atoms with Crippen LogP contribution in [0.15, 0.2) is 36.4 Å². The second-order valence-electron chi connectivity index (χ2n) is 8.37. The third kappa shape index (κ3) is 2.53. The number of hydrogen-bond acceptors (Lipinski definition) is 1. The molecular formula is C25H26N2. The molecule has 2 nitrogen and oxygen atoms in total. The lowest BCUT2D eigenvalue weighted by Gasteiger charge is -2.31. The van der Waals surface area contributed by atoms with E-state index in [4.69, 9.17) is 0 Å². The Morgan fingerprint density at radius 2 is 1.81 bits per heavy atom. The van der Waals surface area contributed by atoms with Crippen molar-refractivity contribution in [2.24, 2.45) is 0 Å². The fraction of sp³-hybridized carbons (Fsp3) is 0.360. The van der Waals surface area contributed by atoms with E-state index in [9.17, 15) is 0 Å². The van der Waals surface area contributed by atoms with Gasteiger partial charge in [0.15, 0.2) is 0 Å². The third-order valence-corrected chi connectivity index (χ3v) is 6.69. The maximum atomic E-state index is 3.51. The minimum atomic E-state index is 0.549. The number of likely N-dealkylation sites (N-methyl/N-ethyl adjacent to an activating group) is 1. The molecule has 5 rings (SSSR count). The maximum absolute atomic E-state index is 3.51. The zero-order valence-electron chi connectivity index (χ0n) is 16.6. The molecule has 2 aliphatic heterocycles. The highest BCUT2D eigenvalue weighted by Crippen LogP contribution is 2.46. The van der Waals surface area contributed by atoms with Crippen LogP contribution >= 0.6 is 0 Å². The lowest BCUT2D eigenvalue weighted by atomic mass is 9.97. The van der Waals surface area contributed by atoms with Crippen LogP contribution in [0.3, 0.4) is 0 Å². The Morgan fingerprint density at radius 1 is 0.963 bits per heavy atom. The smallest absolute Gasteiger partial charge is 0.0618 e. The molecule has 0 aliphatic carbocycles. The zero-order chi connectivity index (χ0) is 18.7. The number of rotatable bonds is 0. The molecule has 0 N–H and O–H groups in total. The maximum Gasteiger partial charge on any atom is 0.0618 e. The molecule has 0 radical (unpaired) electrons. The number of aromatic nitrogens is 1. The van der Waals surface area contributed by atoms with Gasteiger partial charge in [-0.05, 0) is 87.5 Å². The van der Waals surface area contributed by atoms with Crippen molar-refractivity contribution in [2.45, 2.75) is 52.1 Å². The molecule has 1 saturated heterocycles. The van der Waals surface area contributed by atoms with Crippen LogP contribution in [-0.4, -0.2) is 22.6 Å². The largest absolute Gasteiger partial charge is 0.296 e. The monoisotopic (exact) mass is 354 g/mol. The predicted molar refractivity (Wildman–Crippen MR) is 112 cm³/mol. The molecule has 2 heteroatoms. The van der Waals surface area contributed by atoms with Crippen molar-refractivity contribution < 1.29 is 0 Å². The summed E-state index contributed by atoms with van der Waals surface area (Å²) in [6, 6.07) is 18.0. The van der Waals surface area contributed by atoms with E-state index in [2.05, 4.69) is 85.6 Å². The molecule has 3 aromatic rings. The average molecular weight is 354 g/mol. The van der Waals surface area contributed by atoms with Gasteiger partial charge in [-0.1, -0.05) is 17.7 Å². The van der Waals surface area contributed by atoms with Crippen LogP contribution in [0.4, 0.5) is 0 Å². The third-order valence-electron chi connectivity index (χ3n) is 6.69. The Hall–Kier alpha value is -2.50. The Bertz CT molecular complexity index is 1120. The normalized spacial score (nSPS) is 21.2. The van der Waals surface area contributed by atoms with Gasteiger partial charge >= 0.3 is 0 Å². The van der Waals surface area contributed by atoms with E-state index >= 15 is 0 Å². The lowest BCUT2D eigenvalue weighted by Crippen LogP contribution is -2.34. The van der Waals surface area contributed by atoms with Crippen molar-refractivity contribution in [3.8, 4) is 12.0 Å². The molecular weight excluding hydrogens is 328 g/mol. The van der Waals surface area contributed by atoms with Gasteiger partial charge in [0.1, 0.15) is 0 Å². The first-order chi connectivity index (χ1) is 13.0. The molecule has 0 amide bonds. The van der Waals surface area contributed by atoms with Crippen LogP contribution < -0.4 is 0 Å². The topological polar surface area (TPSA) is 8.17 Å². The summed E-state index contributed by atoms with van der Waals surface area (Å²) in [6.45, 7) is 6.49. The van der Waals surface area contributed by atoms with Crippen molar-refractivity contribution in [1.29, 1.82) is 0 Å². The summed E-state index contributed by atoms with van der Waals surface area (Å²) in [7, 11) is 2.30. The number of nitrogens with zero attached hydrogens (tertiary/aromatic N) is 2. The van der Waals surface area contributed by atoms with E-state index in [1.807, 2.05) is 0 Å². The first kappa shape index (κ1) is 16.7. The average Bonchev–Trinajstić information content (AvgIpc) is 3.06. The highest BCUT2D eigenvalue weighted by atomic mass is 15.2. The molecule has 136 valence electrons. The molecule has 2 unspecified atom stereocenters. The van der Waals surface area contributed by atoms with Crippen molar-refractivity contribution >= 4 is 10.9 Å². The first-order valence-corrected chi connectivity index (χ1v) is 9.98. The Balaban J connectivity index is 1.71. The van der Waals surface area contributed by atoms with Gasteiger partial charge in [0, 0.05) is 41.2 Å². The summed E-state index contributed by atoms with van der Waals surface area (Å²) in [4.78, 5) is 2.59. The molecule has 2 aliphatic rings. The van der Waals surface area contributed by atoms with E-state index in [-0.39, 0.29) is 0 Å². The fourth-order valence-electron chi connectivity index (χ4n) is 4.95. The van der Waals surface area contributed by atoms with Crippen molar-refractivity contribution in [2.75, 3.05) is 7.05 Å². The van der Waals surface area contributed by atoms with Crippen molar-refractivity contribution in [3.63, 3.8) is 0 Å². The molecule has 2 bridgehead atoms. The van der Waals surface area contributed by atoms with E-state index in [1.54, 1.807) is 0 Å². The highest BCUT2D eigenvalue weighted by molar-refractivity contribution is 5.88. The van der Waals surface area contributed by atoms with Crippen LogP contribution in [0.5, 0.6) is 0 Å². The van der Waals surface area contributed by atoms with Gasteiger partial charge in [0.2, 0.25) is 0 Å². The van der Waals surface area contributed by atoms with Gasteiger partial charge in [-0.2, -0.15) is 0 Å². The Morgan fingerprint density at radius 3 is 2.63 bits per heavy atom. The van der Waals surface area contributed by atoms with Gasteiger partial charge in [0.05, 0.1) is 5.52 Å². The van der Waals surface area contributed by atoms with Crippen LogP contribution in [0, 0.1) is 32.7 Å². The van der Waals surface area contributed by atoms with Crippen LogP contribution in [0.2, 0.25) is 0 Å². The number of aryl methyl sites for hydroxylation is 3. The van der Waals surface area contributed by atoms with Crippen molar-refractivity contribution in [1.82, 2.24) is 9.47 Å². The molecule has 1 fully saturated rings.